The van der Waals surface area contributed by atoms with Gasteiger partial charge >= 0.3 is 0 Å². The molecule has 0 aliphatic heterocycles. The number of rotatable bonds is 3. The van der Waals surface area contributed by atoms with E-state index in [0.717, 1.165) is 0 Å². The molecule has 7 heteroatoms. The van der Waals surface area contributed by atoms with Crippen LogP contribution in [-0.2, 0) is 0 Å². The van der Waals surface area contributed by atoms with Gasteiger partial charge in [-0.15, -0.1) is 0 Å². The van der Waals surface area contributed by atoms with Gasteiger partial charge in [0.05, 0.1) is 22.5 Å². The van der Waals surface area contributed by atoms with E-state index in [1.807, 2.05) is 13.8 Å². The summed E-state index contributed by atoms with van der Waals surface area (Å²) in [6.45, 7) is 4.01. The molecule has 0 bridgehead atoms. The molecule has 0 saturated heterocycles. The number of anilines is 1. The molecule has 0 unspecified atom stereocenters. The van der Waals surface area contributed by atoms with Gasteiger partial charge in [-0.05, 0) is 35.8 Å². The summed E-state index contributed by atoms with van der Waals surface area (Å²) in [5, 5.41) is 7.23. The van der Waals surface area contributed by atoms with Gasteiger partial charge in [-0.2, -0.15) is 5.10 Å². The number of halogens is 2. The Balaban J connectivity index is 2.21. The molecule has 2 heterocycles. The van der Waals surface area contributed by atoms with E-state index in [1.54, 1.807) is 23.1 Å². The van der Waals surface area contributed by atoms with Crippen molar-refractivity contribution in [2.45, 2.75) is 19.9 Å². The van der Waals surface area contributed by atoms with Gasteiger partial charge in [-0.25, -0.2) is 4.98 Å². The molecule has 5 nitrogen and oxygen atoms in total. The number of carbonyl (C=O) groups is 1. The highest BCUT2D eigenvalue weighted by Crippen LogP contribution is 2.23. The molecule has 0 radical (unpaired) electrons. The highest BCUT2D eigenvalue weighted by Gasteiger charge is 2.16. The lowest BCUT2D eigenvalue weighted by atomic mass is 10.2. The Bertz CT molecular complexity index is 591. The SMILES string of the molecule is CC(C)n1cc(NC(=O)c2c(Cl)ccnc2Br)cn1. The van der Waals surface area contributed by atoms with Gasteiger partial charge in [0.25, 0.3) is 5.91 Å². The molecule has 1 amide bonds. The van der Waals surface area contributed by atoms with Crippen LogP contribution in [0.5, 0.6) is 0 Å². The Morgan fingerprint density at radius 1 is 1.53 bits per heavy atom. The van der Waals surface area contributed by atoms with Crippen LogP contribution in [0.2, 0.25) is 5.02 Å². The molecule has 100 valence electrons. The van der Waals surface area contributed by atoms with Crippen LogP contribution in [0, 0.1) is 0 Å². The molecular formula is C12H12BrClN4O. The average molecular weight is 344 g/mol. The molecule has 19 heavy (non-hydrogen) atoms. The molecule has 0 fully saturated rings. The van der Waals surface area contributed by atoms with Gasteiger partial charge in [0.2, 0.25) is 0 Å². The van der Waals surface area contributed by atoms with Gasteiger partial charge in [-0.3, -0.25) is 9.48 Å². The molecular weight excluding hydrogens is 332 g/mol. The number of pyridine rings is 1. The van der Waals surface area contributed by atoms with Gasteiger partial charge in [0.1, 0.15) is 4.60 Å². The van der Waals surface area contributed by atoms with E-state index in [9.17, 15) is 4.79 Å². The van der Waals surface area contributed by atoms with Crippen LogP contribution >= 0.6 is 27.5 Å². The van der Waals surface area contributed by atoms with Crippen LogP contribution in [-0.4, -0.2) is 20.7 Å². The van der Waals surface area contributed by atoms with Gasteiger partial charge in [0, 0.05) is 18.4 Å². The number of aromatic nitrogens is 3. The molecule has 0 aliphatic carbocycles. The number of nitrogens with one attached hydrogen (secondary N) is 1. The monoisotopic (exact) mass is 342 g/mol. The first-order valence-electron chi connectivity index (χ1n) is 5.64. The fourth-order valence-corrected chi connectivity index (χ4v) is 2.35. The Kier molecular flexibility index (Phi) is 4.21. The molecule has 0 aromatic carbocycles. The Labute approximate surface area is 124 Å². The van der Waals surface area contributed by atoms with Crippen molar-refractivity contribution in [1.29, 1.82) is 0 Å². The smallest absolute Gasteiger partial charge is 0.260 e. The summed E-state index contributed by atoms with van der Waals surface area (Å²) >= 11 is 9.21. The van der Waals surface area contributed by atoms with Crippen LogP contribution in [0.25, 0.3) is 0 Å². The standard InChI is InChI=1S/C12H12BrClN4O/c1-7(2)18-6-8(5-16-18)17-12(19)10-9(14)3-4-15-11(10)13/h3-7H,1-2H3,(H,17,19). The van der Waals surface area contributed by atoms with Crippen molar-refractivity contribution in [1.82, 2.24) is 14.8 Å². The van der Waals surface area contributed by atoms with Crippen molar-refractivity contribution in [2.75, 3.05) is 5.32 Å². The second-order valence-corrected chi connectivity index (χ2v) is 5.37. The van der Waals surface area contributed by atoms with E-state index in [2.05, 4.69) is 31.3 Å². The minimum absolute atomic E-state index is 0.236. The first-order valence-corrected chi connectivity index (χ1v) is 6.81. The van der Waals surface area contributed by atoms with Crippen LogP contribution < -0.4 is 5.32 Å². The zero-order valence-corrected chi connectivity index (χ0v) is 12.7. The molecule has 2 rings (SSSR count). The Morgan fingerprint density at radius 3 is 2.84 bits per heavy atom. The van der Waals surface area contributed by atoms with Crippen molar-refractivity contribution < 1.29 is 4.79 Å². The third-order valence-corrected chi connectivity index (χ3v) is 3.39. The maximum atomic E-state index is 12.1. The van der Waals surface area contributed by atoms with E-state index >= 15 is 0 Å². The summed E-state index contributed by atoms with van der Waals surface area (Å²) in [5.41, 5.74) is 0.923. The number of amides is 1. The zero-order chi connectivity index (χ0) is 14.0. The van der Waals surface area contributed by atoms with Crippen molar-refractivity contribution in [3.05, 3.63) is 39.8 Å². The van der Waals surface area contributed by atoms with E-state index in [-0.39, 0.29) is 11.9 Å². The molecule has 0 spiro atoms. The molecule has 1 N–H and O–H groups in total. The molecule has 0 saturated carbocycles. The molecule has 2 aromatic rings. The normalized spacial score (nSPS) is 10.8. The third-order valence-electron chi connectivity index (χ3n) is 2.47. The van der Waals surface area contributed by atoms with Crippen LogP contribution in [0.4, 0.5) is 5.69 Å². The fourth-order valence-electron chi connectivity index (χ4n) is 1.50. The van der Waals surface area contributed by atoms with E-state index in [0.29, 0.717) is 20.9 Å². The molecule has 2 aromatic heterocycles. The number of carbonyl (C=O) groups excluding carboxylic acids is 1. The summed E-state index contributed by atoms with van der Waals surface area (Å²) in [6.07, 6.45) is 4.89. The highest BCUT2D eigenvalue weighted by atomic mass is 79.9. The molecule has 0 aliphatic rings. The highest BCUT2D eigenvalue weighted by molar-refractivity contribution is 9.10. The first kappa shape index (κ1) is 14.0. The van der Waals surface area contributed by atoms with Gasteiger partial charge in [0.15, 0.2) is 0 Å². The maximum Gasteiger partial charge on any atom is 0.260 e. The number of nitrogens with zero attached hydrogens (tertiary/aromatic N) is 3. The second-order valence-electron chi connectivity index (χ2n) is 4.22. The zero-order valence-electron chi connectivity index (χ0n) is 10.4. The minimum Gasteiger partial charge on any atom is -0.319 e. The fraction of sp³-hybridized carbons (Fsp3) is 0.250. The average Bonchev–Trinajstić information content (AvgIpc) is 2.77. The van der Waals surface area contributed by atoms with Gasteiger partial charge < -0.3 is 5.32 Å². The number of hydrogen-bond donors (Lipinski definition) is 1. The molecule has 0 atom stereocenters. The summed E-state index contributed by atoms with van der Waals surface area (Å²) in [5.74, 6) is -0.326. The topological polar surface area (TPSA) is 59.8 Å². The second kappa shape index (κ2) is 5.71. The summed E-state index contributed by atoms with van der Waals surface area (Å²) in [4.78, 5) is 16.1. The van der Waals surface area contributed by atoms with E-state index in [1.165, 1.54) is 6.20 Å². The third kappa shape index (κ3) is 3.13. The van der Waals surface area contributed by atoms with Crippen LogP contribution in [0.1, 0.15) is 30.2 Å². The van der Waals surface area contributed by atoms with Crippen LogP contribution in [0.15, 0.2) is 29.3 Å². The van der Waals surface area contributed by atoms with Crippen LogP contribution in [0.3, 0.4) is 0 Å². The van der Waals surface area contributed by atoms with Crippen molar-refractivity contribution in [3.63, 3.8) is 0 Å². The Hall–Kier alpha value is -1.40. The predicted octanol–water partition coefficient (Wildman–Crippen LogP) is 3.53. The minimum atomic E-state index is -0.326. The van der Waals surface area contributed by atoms with Crippen molar-refractivity contribution in [3.8, 4) is 0 Å². The summed E-state index contributed by atoms with van der Waals surface area (Å²) in [7, 11) is 0. The predicted molar refractivity (Wildman–Crippen MR) is 77.5 cm³/mol. The maximum absolute atomic E-state index is 12.1. The summed E-state index contributed by atoms with van der Waals surface area (Å²) in [6, 6.07) is 1.80. The lowest BCUT2D eigenvalue weighted by Gasteiger charge is -2.06. The largest absolute Gasteiger partial charge is 0.319 e. The lowest BCUT2D eigenvalue weighted by molar-refractivity contribution is 0.102. The summed E-state index contributed by atoms with van der Waals surface area (Å²) < 4.78 is 2.17. The Morgan fingerprint density at radius 2 is 2.26 bits per heavy atom. The van der Waals surface area contributed by atoms with E-state index < -0.39 is 0 Å². The quantitative estimate of drug-likeness (QED) is 0.867. The van der Waals surface area contributed by atoms with Gasteiger partial charge in [-0.1, -0.05) is 11.6 Å². The lowest BCUT2D eigenvalue weighted by Crippen LogP contribution is -2.13. The van der Waals surface area contributed by atoms with E-state index in [4.69, 9.17) is 11.6 Å². The van der Waals surface area contributed by atoms with Crippen molar-refractivity contribution in [2.24, 2.45) is 0 Å². The number of hydrogen-bond acceptors (Lipinski definition) is 3. The first-order chi connectivity index (χ1) is 8.99. The van der Waals surface area contributed by atoms with Crippen molar-refractivity contribution >= 4 is 39.1 Å².